The van der Waals surface area contributed by atoms with E-state index in [2.05, 4.69) is 60.0 Å². The lowest BCUT2D eigenvalue weighted by Crippen LogP contribution is -2.33. The van der Waals surface area contributed by atoms with E-state index < -0.39 is 6.23 Å². The molecular formula is C24H30N2O2. The Balaban J connectivity index is 1.23. The number of ether oxygens (including phenoxy) is 1. The fourth-order valence-electron chi connectivity index (χ4n) is 4.47. The highest BCUT2D eigenvalue weighted by molar-refractivity contribution is 5.71. The molecule has 4 rings (SSSR count). The van der Waals surface area contributed by atoms with Gasteiger partial charge in [0, 0.05) is 6.04 Å². The molecule has 0 bridgehead atoms. The second-order valence-corrected chi connectivity index (χ2v) is 8.18. The van der Waals surface area contributed by atoms with Crippen molar-refractivity contribution >= 4 is 12.0 Å². The second kappa shape index (κ2) is 8.78. The Morgan fingerprint density at radius 1 is 1.14 bits per heavy atom. The van der Waals surface area contributed by atoms with Gasteiger partial charge in [0.1, 0.15) is 5.75 Å². The van der Waals surface area contributed by atoms with Crippen LogP contribution in [0.1, 0.15) is 62.0 Å². The second-order valence-electron chi connectivity index (χ2n) is 8.18. The van der Waals surface area contributed by atoms with E-state index in [1.807, 2.05) is 6.07 Å². The van der Waals surface area contributed by atoms with Crippen molar-refractivity contribution in [3.63, 3.8) is 0 Å². The minimum Gasteiger partial charge on any atom is -0.461 e. The molecule has 1 aliphatic carbocycles. The van der Waals surface area contributed by atoms with Crippen molar-refractivity contribution in [3.8, 4) is 5.75 Å². The van der Waals surface area contributed by atoms with Crippen LogP contribution in [0.15, 0.2) is 48.5 Å². The van der Waals surface area contributed by atoms with E-state index in [1.54, 1.807) is 0 Å². The minimum atomic E-state index is -0.538. The zero-order chi connectivity index (χ0) is 19.3. The third kappa shape index (κ3) is 4.39. The zero-order valence-corrected chi connectivity index (χ0v) is 16.6. The van der Waals surface area contributed by atoms with Gasteiger partial charge in [-0.05, 0) is 73.7 Å². The van der Waals surface area contributed by atoms with Crippen LogP contribution in [0.2, 0.25) is 0 Å². The Hall–Kier alpha value is -2.33. The van der Waals surface area contributed by atoms with Crippen molar-refractivity contribution in [1.29, 1.82) is 0 Å². The zero-order valence-electron chi connectivity index (χ0n) is 16.6. The molecule has 4 heteroatoms. The summed E-state index contributed by atoms with van der Waals surface area (Å²) in [6, 6.07) is 17.8. The molecular weight excluding hydrogens is 348 g/mol. The average Bonchev–Trinajstić information content (AvgIpc) is 3.17. The average molecular weight is 379 g/mol. The van der Waals surface area contributed by atoms with Crippen LogP contribution in [0, 0.1) is 0 Å². The first kappa shape index (κ1) is 19.0. The van der Waals surface area contributed by atoms with Crippen LogP contribution in [0.5, 0.6) is 5.75 Å². The van der Waals surface area contributed by atoms with Gasteiger partial charge in [-0.1, -0.05) is 43.3 Å². The maximum Gasteiger partial charge on any atom is 0.226 e. The number of benzene rings is 2. The van der Waals surface area contributed by atoms with Gasteiger partial charge in [-0.25, -0.2) is 0 Å². The summed E-state index contributed by atoms with van der Waals surface area (Å²) in [5.41, 5.74) is 3.69. The van der Waals surface area contributed by atoms with Crippen LogP contribution < -0.4 is 15.4 Å². The topological polar surface area (TPSA) is 50.4 Å². The molecule has 2 atom stereocenters. The summed E-state index contributed by atoms with van der Waals surface area (Å²) in [6.45, 7) is 3.39. The predicted octanol–water partition coefficient (Wildman–Crippen LogP) is 4.83. The van der Waals surface area contributed by atoms with Crippen molar-refractivity contribution < 1.29 is 9.53 Å². The molecule has 28 heavy (non-hydrogen) atoms. The predicted molar refractivity (Wildman–Crippen MR) is 113 cm³/mol. The molecule has 1 aliphatic heterocycles. The van der Waals surface area contributed by atoms with E-state index in [9.17, 15) is 4.79 Å². The number of hydrogen-bond donors (Lipinski definition) is 2. The monoisotopic (exact) mass is 378 g/mol. The van der Waals surface area contributed by atoms with Gasteiger partial charge in [0.05, 0.1) is 5.69 Å². The van der Waals surface area contributed by atoms with Crippen molar-refractivity contribution in [2.75, 3.05) is 11.9 Å². The summed E-state index contributed by atoms with van der Waals surface area (Å²) in [5, 5.41) is 6.84. The Bertz CT molecular complexity index is 784. The molecule has 1 heterocycles. The summed E-state index contributed by atoms with van der Waals surface area (Å²) in [7, 11) is 0. The number of rotatable bonds is 7. The number of nitrogens with one attached hydrogen (secondary N) is 2. The maximum absolute atomic E-state index is 10.9. The van der Waals surface area contributed by atoms with Gasteiger partial charge in [0.15, 0.2) is 6.29 Å². The molecule has 0 radical (unpaired) electrons. The van der Waals surface area contributed by atoms with Crippen molar-refractivity contribution in [1.82, 2.24) is 5.32 Å². The van der Waals surface area contributed by atoms with E-state index in [0.29, 0.717) is 17.9 Å². The van der Waals surface area contributed by atoms with Crippen LogP contribution in [-0.4, -0.2) is 25.1 Å². The number of fused-ring (bicyclic) bond motifs is 1. The Labute approximate surface area is 167 Å². The number of carbonyl (C=O) groups excluding carboxylic acids is 1. The third-order valence-electron chi connectivity index (χ3n) is 6.26. The van der Waals surface area contributed by atoms with Gasteiger partial charge in [0.25, 0.3) is 0 Å². The molecule has 2 unspecified atom stereocenters. The summed E-state index contributed by atoms with van der Waals surface area (Å²) in [6.07, 6.45) is 6.29. The first-order chi connectivity index (χ1) is 13.7. The molecule has 2 aliphatic rings. The van der Waals surface area contributed by atoms with Gasteiger partial charge in [-0.3, -0.25) is 4.79 Å². The van der Waals surface area contributed by atoms with Crippen LogP contribution in [0.25, 0.3) is 0 Å². The van der Waals surface area contributed by atoms with Crippen molar-refractivity contribution in [2.45, 2.75) is 63.1 Å². The van der Waals surface area contributed by atoms with Gasteiger partial charge in [0.2, 0.25) is 6.23 Å². The SMILES string of the molecule is CC(CCNC1CCC(c2ccc3c(c2)OC(C=O)N3)CC1)c1ccccc1. The highest BCUT2D eigenvalue weighted by Crippen LogP contribution is 2.39. The Kier molecular flexibility index (Phi) is 5.96. The first-order valence-corrected chi connectivity index (χ1v) is 10.5. The lowest BCUT2D eigenvalue weighted by Gasteiger charge is -2.30. The highest BCUT2D eigenvalue weighted by Gasteiger charge is 2.25. The number of hydrogen-bond acceptors (Lipinski definition) is 4. The molecule has 0 saturated heterocycles. The highest BCUT2D eigenvalue weighted by atomic mass is 16.5. The molecule has 2 aromatic rings. The molecule has 148 valence electrons. The number of aldehydes is 1. The fourth-order valence-corrected chi connectivity index (χ4v) is 4.47. The van der Waals surface area contributed by atoms with E-state index in [-0.39, 0.29) is 0 Å². The summed E-state index contributed by atoms with van der Waals surface area (Å²) in [4.78, 5) is 10.9. The molecule has 1 fully saturated rings. The van der Waals surface area contributed by atoms with Crippen molar-refractivity contribution in [2.24, 2.45) is 0 Å². The summed E-state index contributed by atoms with van der Waals surface area (Å²) >= 11 is 0. The van der Waals surface area contributed by atoms with Gasteiger partial charge in [-0.15, -0.1) is 0 Å². The van der Waals surface area contributed by atoms with Gasteiger partial charge >= 0.3 is 0 Å². The molecule has 0 aromatic heterocycles. The molecule has 0 amide bonds. The van der Waals surface area contributed by atoms with Gasteiger partial charge < -0.3 is 15.4 Å². The van der Waals surface area contributed by atoms with E-state index in [0.717, 1.165) is 24.3 Å². The maximum atomic E-state index is 10.9. The third-order valence-corrected chi connectivity index (χ3v) is 6.26. The van der Waals surface area contributed by atoms with E-state index >= 15 is 0 Å². The van der Waals surface area contributed by atoms with E-state index in [1.165, 1.54) is 43.2 Å². The largest absolute Gasteiger partial charge is 0.461 e. The molecule has 4 nitrogen and oxygen atoms in total. The standard InChI is InChI=1S/C24H30N2O2/c1-17(18-5-3-2-4-6-18)13-14-25-21-10-7-19(8-11-21)20-9-12-22-23(15-20)28-24(16-27)26-22/h2-6,9,12,15-17,19,21,24-26H,7-8,10-11,13-14H2,1H3. The summed E-state index contributed by atoms with van der Waals surface area (Å²) in [5.74, 6) is 2.00. The first-order valence-electron chi connectivity index (χ1n) is 10.5. The van der Waals surface area contributed by atoms with Gasteiger partial charge in [-0.2, -0.15) is 0 Å². The Morgan fingerprint density at radius 3 is 2.68 bits per heavy atom. The molecule has 2 aromatic carbocycles. The van der Waals surface area contributed by atoms with Crippen LogP contribution >= 0.6 is 0 Å². The normalized spacial score (nSPS) is 24.7. The minimum absolute atomic E-state index is 0.538. The van der Waals surface area contributed by atoms with Crippen LogP contribution in [-0.2, 0) is 4.79 Å². The molecule has 0 spiro atoms. The van der Waals surface area contributed by atoms with Crippen LogP contribution in [0.3, 0.4) is 0 Å². The van der Waals surface area contributed by atoms with E-state index in [4.69, 9.17) is 4.74 Å². The molecule has 1 saturated carbocycles. The van der Waals surface area contributed by atoms with Crippen molar-refractivity contribution in [3.05, 3.63) is 59.7 Å². The Morgan fingerprint density at radius 2 is 1.93 bits per heavy atom. The lowest BCUT2D eigenvalue weighted by molar-refractivity contribution is -0.112. The smallest absolute Gasteiger partial charge is 0.226 e. The lowest BCUT2D eigenvalue weighted by atomic mass is 9.81. The number of carbonyl (C=O) groups is 1. The van der Waals surface area contributed by atoms with Crippen LogP contribution in [0.4, 0.5) is 5.69 Å². The summed E-state index contributed by atoms with van der Waals surface area (Å²) < 4.78 is 5.63. The number of anilines is 1. The fraction of sp³-hybridized carbons (Fsp3) is 0.458. The quantitative estimate of drug-likeness (QED) is 0.678. The molecule has 2 N–H and O–H groups in total.